The van der Waals surface area contributed by atoms with Crippen LogP contribution in [-0.2, 0) is 19.1 Å². The Bertz CT molecular complexity index is 396. The molecule has 0 spiro atoms. The molecular weight excluding hydrogens is 232 g/mol. The Labute approximate surface area is 108 Å². The SMILES string of the molecule is C=C(C)C(=O)OC#CCCCCOC(=O)C(=C)C. The Morgan fingerprint density at radius 2 is 1.67 bits per heavy atom. The fourth-order valence-corrected chi connectivity index (χ4v) is 0.824. The molecule has 98 valence electrons. The van der Waals surface area contributed by atoms with E-state index < -0.39 is 5.97 Å². The standard InChI is InChI=1S/C14H18O4/c1-11(2)13(15)17-9-7-5-6-8-10-18-14(16)12(3)4/h1,3,5-7,9H2,2,4H3. The molecule has 4 heteroatoms. The molecule has 0 bridgehead atoms. The normalized spacial score (nSPS) is 8.78. The van der Waals surface area contributed by atoms with Crippen molar-refractivity contribution in [1.82, 2.24) is 0 Å². The number of rotatable bonds is 6. The highest BCUT2D eigenvalue weighted by atomic mass is 16.5. The lowest BCUT2D eigenvalue weighted by atomic mass is 10.2. The van der Waals surface area contributed by atoms with Crippen LogP contribution in [-0.4, -0.2) is 18.5 Å². The highest BCUT2D eigenvalue weighted by Crippen LogP contribution is 1.98. The summed E-state index contributed by atoms with van der Waals surface area (Å²) >= 11 is 0. The lowest BCUT2D eigenvalue weighted by molar-refractivity contribution is -0.139. The molecule has 4 nitrogen and oxygen atoms in total. The van der Waals surface area contributed by atoms with Gasteiger partial charge in [0.2, 0.25) is 0 Å². The molecule has 0 aromatic rings. The van der Waals surface area contributed by atoms with Crippen molar-refractivity contribution in [3.63, 3.8) is 0 Å². The van der Waals surface area contributed by atoms with Crippen LogP contribution in [0.3, 0.4) is 0 Å². The first-order valence-electron chi connectivity index (χ1n) is 5.62. The maximum atomic E-state index is 11.0. The lowest BCUT2D eigenvalue weighted by Gasteiger charge is -2.02. The highest BCUT2D eigenvalue weighted by molar-refractivity contribution is 5.87. The molecule has 0 radical (unpaired) electrons. The number of esters is 2. The van der Waals surface area contributed by atoms with Gasteiger partial charge in [-0.3, -0.25) is 0 Å². The van der Waals surface area contributed by atoms with Gasteiger partial charge in [-0.1, -0.05) is 19.1 Å². The largest absolute Gasteiger partial charge is 0.462 e. The minimum Gasteiger partial charge on any atom is -0.462 e. The lowest BCUT2D eigenvalue weighted by Crippen LogP contribution is -2.05. The molecule has 0 amide bonds. The van der Waals surface area contributed by atoms with Gasteiger partial charge in [0.25, 0.3) is 0 Å². The van der Waals surface area contributed by atoms with E-state index in [0.29, 0.717) is 30.6 Å². The smallest absolute Gasteiger partial charge is 0.347 e. The van der Waals surface area contributed by atoms with Gasteiger partial charge >= 0.3 is 11.9 Å². The minimum atomic E-state index is -0.516. The van der Waals surface area contributed by atoms with Crippen LogP contribution in [0.1, 0.15) is 33.1 Å². The van der Waals surface area contributed by atoms with Crippen LogP contribution in [0, 0.1) is 12.0 Å². The van der Waals surface area contributed by atoms with E-state index >= 15 is 0 Å². The second-order valence-corrected chi connectivity index (χ2v) is 3.82. The first-order valence-corrected chi connectivity index (χ1v) is 5.62. The molecule has 0 saturated carbocycles. The van der Waals surface area contributed by atoms with Gasteiger partial charge in [0.1, 0.15) is 6.11 Å². The van der Waals surface area contributed by atoms with Crippen molar-refractivity contribution in [1.29, 1.82) is 0 Å². The second kappa shape index (κ2) is 9.06. The third-order valence-corrected chi connectivity index (χ3v) is 1.84. The molecule has 0 unspecified atom stereocenters. The average molecular weight is 250 g/mol. The summed E-state index contributed by atoms with van der Waals surface area (Å²) < 4.78 is 9.48. The van der Waals surface area contributed by atoms with E-state index in [0.717, 1.165) is 6.42 Å². The van der Waals surface area contributed by atoms with Gasteiger partial charge in [-0.2, -0.15) is 0 Å². The van der Waals surface area contributed by atoms with Gasteiger partial charge in [0.05, 0.1) is 6.61 Å². The summed E-state index contributed by atoms with van der Waals surface area (Å²) in [6.45, 7) is 10.4. The van der Waals surface area contributed by atoms with Crippen molar-refractivity contribution in [2.75, 3.05) is 6.61 Å². The Morgan fingerprint density at radius 1 is 1.06 bits per heavy atom. The quantitative estimate of drug-likeness (QED) is 0.314. The van der Waals surface area contributed by atoms with Crippen molar-refractivity contribution < 1.29 is 19.1 Å². The first-order chi connectivity index (χ1) is 8.45. The Morgan fingerprint density at radius 3 is 2.22 bits per heavy atom. The molecule has 0 aliphatic heterocycles. The van der Waals surface area contributed by atoms with Crippen LogP contribution in [0.5, 0.6) is 0 Å². The zero-order valence-electron chi connectivity index (χ0n) is 10.9. The monoisotopic (exact) mass is 250 g/mol. The summed E-state index contributed by atoms with van der Waals surface area (Å²) in [6.07, 6.45) is 4.36. The van der Waals surface area contributed by atoms with Crippen LogP contribution in [0.15, 0.2) is 24.3 Å². The minimum absolute atomic E-state index is 0.316. The molecule has 0 atom stereocenters. The molecule has 0 N–H and O–H groups in total. The van der Waals surface area contributed by atoms with Crippen molar-refractivity contribution in [3.05, 3.63) is 24.3 Å². The average Bonchev–Trinajstić information content (AvgIpc) is 2.31. The van der Waals surface area contributed by atoms with Gasteiger partial charge in [-0.15, -0.1) is 0 Å². The molecule has 0 aliphatic carbocycles. The zero-order chi connectivity index (χ0) is 14.0. The van der Waals surface area contributed by atoms with E-state index in [1.807, 2.05) is 0 Å². The number of unbranched alkanes of at least 4 members (excludes halogenated alkanes) is 2. The zero-order valence-corrected chi connectivity index (χ0v) is 10.9. The second-order valence-electron chi connectivity index (χ2n) is 3.82. The van der Waals surface area contributed by atoms with Gasteiger partial charge in [-0.25, -0.2) is 9.59 Å². The van der Waals surface area contributed by atoms with E-state index in [1.54, 1.807) is 13.8 Å². The highest BCUT2D eigenvalue weighted by Gasteiger charge is 2.01. The predicted molar refractivity (Wildman–Crippen MR) is 68.3 cm³/mol. The Hall–Kier alpha value is -2.02. The van der Waals surface area contributed by atoms with E-state index in [4.69, 9.17) is 4.74 Å². The molecule has 0 aliphatic rings. The Balaban J connectivity index is 3.55. The number of hydrogen-bond acceptors (Lipinski definition) is 4. The summed E-state index contributed by atoms with van der Waals surface area (Å²) in [5.74, 6) is 1.80. The van der Waals surface area contributed by atoms with Crippen LogP contribution < -0.4 is 0 Å². The van der Waals surface area contributed by atoms with Gasteiger partial charge in [0, 0.05) is 17.6 Å². The van der Waals surface area contributed by atoms with Crippen LogP contribution in [0.25, 0.3) is 0 Å². The summed E-state index contributed by atoms with van der Waals surface area (Å²) in [5.41, 5.74) is 0.706. The molecule has 18 heavy (non-hydrogen) atoms. The van der Waals surface area contributed by atoms with E-state index in [9.17, 15) is 9.59 Å². The molecule has 0 heterocycles. The summed E-state index contributed by atoms with van der Waals surface area (Å²) in [5, 5.41) is 0. The molecular formula is C14H18O4. The van der Waals surface area contributed by atoms with E-state index in [2.05, 4.69) is 29.9 Å². The topological polar surface area (TPSA) is 52.6 Å². The Kier molecular flexibility index (Phi) is 8.04. The van der Waals surface area contributed by atoms with E-state index in [1.165, 1.54) is 0 Å². The number of hydrogen-bond donors (Lipinski definition) is 0. The van der Waals surface area contributed by atoms with Crippen molar-refractivity contribution in [2.24, 2.45) is 0 Å². The first kappa shape index (κ1) is 16.0. The maximum Gasteiger partial charge on any atom is 0.347 e. The molecule has 0 saturated heterocycles. The summed E-state index contributed by atoms with van der Waals surface area (Å²) in [4.78, 5) is 21.9. The summed E-state index contributed by atoms with van der Waals surface area (Å²) in [7, 11) is 0. The number of carbonyl (C=O) groups excluding carboxylic acids is 2. The van der Waals surface area contributed by atoms with Gasteiger partial charge in [0.15, 0.2) is 0 Å². The number of ether oxygens (including phenoxy) is 2. The van der Waals surface area contributed by atoms with Crippen LogP contribution >= 0.6 is 0 Å². The fraction of sp³-hybridized carbons (Fsp3) is 0.429. The molecule has 0 aromatic carbocycles. The predicted octanol–water partition coefficient (Wildman–Crippen LogP) is 2.36. The maximum absolute atomic E-state index is 11.0. The third kappa shape index (κ3) is 8.17. The molecule has 0 fully saturated rings. The van der Waals surface area contributed by atoms with Crippen molar-refractivity contribution in [3.8, 4) is 12.0 Å². The van der Waals surface area contributed by atoms with Crippen LogP contribution in [0.2, 0.25) is 0 Å². The van der Waals surface area contributed by atoms with E-state index in [-0.39, 0.29) is 5.97 Å². The van der Waals surface area contributed by atoms with Crippen LogP contribution in [0.4, 0.5) is 0 Å². The number of carbonyl (C=O) groups is 2. The fourth-order valence-electron chi connectivity index (χ4n) is 0.824. The third-order valence-electron chi connectivity index (χ3n) is 1.84. The van der Waals surface area contributed by atoms with Gasteiger partial charge in [-0.05, 0) is 26.7 Å². The van der Waals surface area contributed by atoms with Gasteiger partial charge < -0.3 is 9.47 Å². The molecule has 0 aromatic heterocycles. The summed E-state index contributed by atoms with van der Waals surface area (Å²) in [6, 6.07) is 0. The van der Waals surface area contributed by atoms with Crippen molar-refractivity contribution in [2.45, 2.75) is 33.1 Å². The van der Waals surface area contributed by atoms with Crippen molar-refractivity contribution >= 4 is 11.9 Å². The molecule has 0 rings (SSSR count).